The Bertz CT molecular complexity index is 3660. The molecule has 0 aliphatic carbocycles. The lowest BCUT2D eigenvalue weighted by Gasteiger charge is -2.31. The number of hydrogen-bond acceptors (Lipinski definition) is 0. The lowest BCUT2D eigenvalue weighted by Crippen LogP contribution is -2.72. The minimum absolute atomic E-state index is 1.16. The van der Waals surface area contributed by atoms with E-state index in [2.05, 4.69) is 252 Å². The molecule has 0 spiro atoms. The zero-order valence-corrected chi connectivity index (χ0v) is 35.5. The van der Waals surface area contributed by atoms with Crippen molar-refractivity contribution in [3.05, 3.63) is 243 Å². The van der Waals surface area contributed by atoms with Gasteiger partial charge >= 0.3 is 0 Å². The predicted octanol–water partition coefficient (Wildman–Crippen LogP) is 12.6. The molecular weight excluding hydrogens is 777 g/mol. The second-order valence-corrected chi connectivity index (χ2v) is 20.6. The molecule has 294 valence electrons. The van der Waals surface area contributed by atoms with E-state index in [-0.39, 0.29) is 0 Å². The van der Waals surface area contributed by atoms with Crippen LogP contribution in [0.2, 0.25) is 0 Å². The number of benzene rings is 10. The molecule has 3 heterocycles. The summed E-state index contributed by atoms with van der Waals surface area (Å²) in [4.78, 5) is 0. The third-order valence-electron chi connectivity index (χ3n) is 13.6. The van der Waals surface area contributed by atoms with Crippen LogP contribution in [-0.2, 0) is 0 Å². The molecular formula is C60H40N2Si. The van der Waals surface area contributed by atoms with E-state index in [1.54, 1.807) is 0 Å². The minimum atomic E-state index is -2.68. The SMILES string of the molecule is c1ccc(-c2ccc([Si]3(c4ccc(-n5c6ccccc6c6cc(-c7ccc8c(c7)c7ccccc7n8-c7ccccc7)ccc65)cc4)c4ccccc4-c4ccccc43)cc2)cc1. The van der Waals surface area contributed by atoms with Gasteiger partial charge in [-0.2, -0.15) is 0 Å². The van der Waals surface area contributed by atoms with Crippen LogP contribution in [-0.4, -0.2) is 17.2 Å². The second kappa shape index (κ2) is 14.0. The smallest absolute Gasteiger partial charge is 0.180 e. The van der Waals surface area contributed by atoms with Crippen LogP contribution in [0.1, 0.15) is 0 Å². The van der Waals surface area contributed by atoms with E-state index in [9.17, 15) is 0 Å². The third kappa shape index (κ3) is 5.30. The number of rotatable bonds is 6. The highest BCUT2D eigenvalue weighted by atomic mass is 28.3. The maximum atomic E-state index is 2.45. The van der Waals surface area contributed by atoms with Crippen molar-refractivity contribution >= 4 is 72.4 Å². The topological polar surface area (TPSA) is 9.86 Å². The number of nitrogens with zero attached hydrogens (tertiary/aromatic N) is 2. The van der Waals surface area contributed by atoms with E-state index in [0.29, 0.717) is 0 Å². The monoisotopic (exact) mass is 816 g/mol. The van der Waals surface area contributed by atoms with Crippen LogP contribution in [0.15, 0.2) is 243 Å². The van der Waals surface area contributed by atoms with E-state index in [0.717, 1.165) is 5.69 Å². The molecule has 1 aliphatic rings. The van der Waals surface area contributed by atoms with Gasteiger partial charge in [-0.15, -0.1) is 0 Å². The van der Waals surface area contributed by atoms with Crippen molar-refractivity contribution in [2.75, 3.05) is 0 Å². The molecule has 2 aromatic heterocycles. The Balaban J connectivity index is 0.949. The predicted molar refractivity (Wildman–Crippen MR) is 269 cm³/mol. The molecule has 2 nitrogen and oxygen atoms in total. The lowest BCUT2D eigenvalue weighted by atomic mass is 10.0. The van der Waals surface area contributed by atoms with Crippen molar-refractivity contribution in [1.82, 2.24) is 9.13 Å². The summed E-state index contributed by atoms with van der Waals surface area (Å²) in [5, 5.41) is 10.7. The van der Waals surface area contributed by atoms with Gasteiger partial charge in [0.2, 0.25) is 0 Å². The Morgan fingerprint density at radius 3 is 1.17 bits per heavy atom. The first-order valence-electron chi connectivity index (χ1n) is 21.8. The average Bonchev–Trinajstić information content (AvgIpc) is 3.99. The van der Waals surface area contributed by atoms with Crippen LogP contribution in [0.4, 0.5) is 0 Å². The fraction of sp³-hybridized carbons (Fsp3) is 0. The van der Waals surface area contributed by atoms with E-state index < -0.39 is 8.07 Å². The number of para-hydroxylation sites is 3. The van der Waals surface area contributed by atoms with Crippen LogP contribution in [0, 0.1) is 0 Å². The molecule has 1 aliphatic heterocycles. The van der Waals surface area contributed by atoms with Gasteiger partial charge in [-0.25, -0.2) is 0 Å². The summed E-state index contributed by atoms with van der Waals surface area (Å²) in [6.07, 6.45) is 0. The summed E-state index contributed by atoms with van der Waals surface area (Å²) in [6, 6.07) is 90.3. The normalized spacial score (nSPS) is 12.9. The Kier molecular flexibility index (Phi) is 7.96. The maximum Gasteiger partial charge on any atom is 0.180 e. The summed E-state index contributed by atoms with van der Waals surface area (Å²) in [5.74, 6) is 0. The third-order valence-corrected chi connectivity index (χ3v) is 18.5. The van der Waals surface area contributed by atoms with E-state index in [1.165, 1.54) is 103 Å². The molecule has 0 atom stereocenters. The van der Waals surface area contributed by atoms with Crippen molar-refractivity contribution in [3.63, 3.8) is 0 Å². The lowest BCUT2D eigenvalue weighted by molar-refractivity contribution is 1.18. The van der Waals surface area contributed by atoms with Gasteiger partial charge in [0, 0.05) is 32.9 Å². The highest BCUT2D eigenvalue weighted by molar-refractivity contribution is 7.22. The van der Waals surface area contributed by atoms with Crippen LogP contribution < -0.4 is 20.7 Å². The molecule has 3 heteroatoms. The van der Waals surface area contributed by atoms with E-state index in [4.69, 9.17) is 0 Å². The molecule has 13 rings (SSSR count). The van der Waals surface area contributed by atoms with Crippen molar-refractivity contribution < 1.29 is 0 Å². The highest BCUT2D eigenvalue weighted by Gasteiger charge is 2.48. The van der Waals surface area contributed by atoms with E-state index >= 15 is 0 Å². The Morgan fingerprint density at radius 1 is 0.254 bits per heavy atom. The van der Waals surface area contributed by atoms with Crippen LogP contribution in [0.3, 0.4) is 0 Å². The van der Waals surface area contributed by atoms with Gasteiger partial charge in [0.1, 0.15) is 0 Å². The number of hydrogen-bond donors (Lipinski definition) is 0. The number of fused-ring (bicyclic) bond motifs is 9. The minimum Gasteiger partial charge on any atom is -0.309 e. The maximum absolute atomic E-state index is 2.68. The zero-order chi connectivity index (χ0) is 41.5. The molecule has 0 bridgehead atoms. The van der Waals surface area contributed by atoms with Gasteiger partial charge in [-0.3, -0.25) is 0 Å². The standard InChI is InChI=1S/C60H40N2Si/c1-3-15-41(16-4-1)42-27-33-47(34-28-42)63(59-25-13-9-21-51(59)52-22-10-14-26-60(52)63)48-35-31-46(32-36-48)62-56-24-12-8-20-50(56)54-40-44(30-38-58(54)62)43-29-37-57-53(39-43)49-19-7-11-23-55(49)61(57)45-17-5-2-6-18-45/h1-40H. The van der Waals surface area contributed by atoms with Crippen LogP contribution >= 0.6 is 0 Å². The molecule has 0 radical (unpaired) electrons. The van der Waals surface area contributed by atoms with Crippen LogP contribution in [0.5, 0.6) is 0 Å². The molecule has 0 amide bonds. The van der Waals surface area contributed by atoms with Crippen LogP contribution in [0.25, 0.3) is 88.4 Å². The molecule has 0 unspecified atom stereocenters. The molecule has 0 saturated carbocycles. The largest absolute Gasteiger partial charge is 0.309 e. The van der Waals surface area contributed by atoms with Gasteiger partial charge in [-0.05, 0) is 115 Å². The number of aromatic nitrogens is 2. The molecule has 63 heavy (non-hydrogen) atoms. The fourth-order valence-electron chi connectivity index (χ4n) is 10.9. The van der Waals surface area contributed by atoms with Gasteiger partial charge in [0.05, 0.1) is 22.1 Å². The summed E-state index contributed by atoms with van der Waals surface area (Å²) in [7, 11) is -2.68. The quantitative estimate of drug-likeness (QED) is 0.148. The van der Waals surface area contributed by atoms with E-state index in [1.807, 2.05) is 0 Å². The van der Waals surface area contributed by atoms with Crippen molar-refractivity contribution in [2.24, 2.45) is 0 Å². The molecule has 12 aromatic rings. The molecule has 0 fully saturated rings. The first-order chi connectivity index (χ1) is 31.3. The highest BCUT2D eigenvalue weighted by Crippen LogP contribution is 2.38. The first kappa shape index (κ1) is 35.7. The average molecular weight is 817 g/mol. The van der Waals surface area contributed by atoms with Crippen molar-refractivity contribution in [2.45, 2.75) is 0 Å². The second-order valence-electron chi connectivity index (χ2n) is 16.8. The zero-order valence-electron chi connectivity index (χ0n) is 34.5. The molecule has 10 aromatic carbocycles. The van der Waals surface area contributed by atoms with Gasteiger partial charge in [0.25, 0.3) is 0 Å². The van der Waals surface area contributed by atoms with Gasteiger partial charge in [-0.1, -0.05) is 182 Å². The Labute approximate surface area is 367 Å². The Morgan fingerprint density at radius 2 is 0.635 bits per heavy atom. The summed E-state index contributed by atoms with van der Waals surface area (Å²) >= 11 is 0. The summed E-state index contributed by atoms with van der Waals surface area (Å²) in [6.45, 7) is 0. The van der Waals surface area contributed by atoms with Crippen molar-refractivity contribution in [1.29, 1.82) is 0 Å². The molecule has 0 N–H and O–H groups in total. The van der Waals surface area contributed by atoms with Crippen molar-refractivity contribution in [3.8, 4) is 44.8 Å². The Hall–Kier alpha value is -7.98. The fourth-order valence-corrected chi connectivity index (χ4v) is 16.0. The van der Waals surface area contributed by atoms with Gasteiger partial charge < -0.3 is 9.13 Å². The summed E-state index contributed by atoms with van der Waals surface area (Å²) < 4.78 is 4.83. The summed E-state index contributed by atoms with van der Waals surface area (Å²) in [5.41, 5.74) is 14.8. The molecule has 0 saturated heterocycles. The van der Waals surface area contributed by atoms with Gasteiger partial charge in [0.15, 0.2) is 8.07 Å². The first-order valence-corrected chi connectivity index (χ1v) is 23.8.